The zero-order valence-corrected chi connectivity index (χ0v) is 13.4. The van der Waals surface area contributed by atoms with E-state index in [-0.39, 0.29) is 12.2 Å². The van der Waals surface area contributed by atoms with E-state index in [2.05, 4.69) is 16.8 Å². The lowest BCUT2D eigenvalue weighted by molar-refractivity contribution is -0.0382. The van der Waals surface area contributed by atoms with E-state index >= 15 is 0 Å². The maximum absolute atomic E-state index is 5.79. The fourth-order valence-electron chi connectivity index (χ4n) is 2.12. The maximum Gasteiger partial charge on any atom is 0.138 e. The Balaban J connectivity index is 1.73. The Hall–Kier alpha value is -1.61. The molecule has 0 N–H and O–H groups in total. The van der Waals surface area contributed by atoms with Crippen LogP contribution < -0.4 is 4.74 Å². The lowest BCUT2D eigenvalue weighted by atomic mass is 9.92. The first-order valence-electron chi connectivity index (χ1n) is 7.46. The van der Waals surface area contributed by atoms with Crippen LogP contribution in [0.4, 0.5) is 0 Å². The van der Waals surface area contributed by atoms with Gasteiger partial charge in [-0.25, -0.2) is 4.98 Å². The second-order valence-corrected chi connectivity index (χ2v) is 5.33. The molecule has 1 unspecified atom stereocenters. The number of pyridine rings is 1. The molecule has 0 amide bonds. The molecule has 1 saturated carbocycles. The molecule has 5 nitrogen and oxygen atoms in total. The van der Waals surface area contributed by atoms with Gasteiger partial charge in [0.15, 0.2) is 0 Å². The van der Waals surface area contributed by atoms with E-state index in [1.165, 1.54) is 0 Å². The molecule has 1 fully saturated rings. The van der Waals surface area contributed by atoms with Crippen LogP contribution in [0.3, 0.4) is 0 Å². The summed E-state index contributed by atoms with van der Waals surface area (Å²) < 4.78 is 21.5. The summed E-state index contributed by atoms with van der Waals surface area (Å²) in [6.07, 6.45) is 4.20. The highest BCUT2D eigenvalue weighted by Crippen LogP contribution is 2.27. The summed E-state index contributed by atoms with van der Waals surface area (Å²) in [5.74, 6) is 6.68. The van der Waals surface area contributed by atoms with Crippen molar-refractivity contribution in [1.29, 1.82) is 0 Å². The van der Waals surface area contributed by atoms with Crippen molar-refractivity contribution in [1.82, 2.24) is 4.98 Å². The Labute approximate surface area is 131 Å². The van der Waals surface area contributed by atoms with Crippen molar-refractivity contribution in [2.75, 3.05) is 27.4 Å². The van der Waals surface area contributed by atoms with Crippen LogP contribution in [-0.4, -0.2) is 50.7 Å². The quantitative estimate of drug-likeness (QED) is 0.722. The van der Waals surface area contributed by atoms with Crippen LogP contribution in [0.15, 0.2) is 18.3 Å². The van der Waals surface area contributed by atoms with Crippen LogP contribution in [0, 0.1) is 11.8 Å². The van der Waals surface area contributed by atoms with Gasteiger partial charge in [0.25, 0.3) is 0 Å². The average molecular weight is 305 g/mol. The smallest absolute Gasteiger partial charge is 0.138 e. The Kier molecular flexibility index (Phi) is 6.66. The molecule has 2 rings (SSSR count). The van der Waals surface area contributed by atoms with Crippen LogP contribution in [-0.2, 0) is 14.2 Å². The number of nitrogens with zero attached hydrogens (tertiary/aromatic N) is 1. The number of aromatic nitrogens is 1. The maximum atomic E-state index is 5.79. The summed E-state index contributed by atoms with van der Waals surface area (Å²) in [5, 5.41) is 0. The largest absolute Gasteiger partial charge is 0.489 e. The molecule has 1 aliphatic carbocycles. The van der Waals surface area contributed by atoms with Gasteiger partial charge in [-0.2, -0.15) is 0 Å². The molecule has 1 aromatic rings. The molecule has 120 valence electrons. The summed E-state index contributed by atoms with van der Waals surface area (Å²) in [4.78, 5) is 4.27. The molecule has 0 radical (unpaired) electrons. The van der Waals surface area contributed by atoms with Gasteiger partial charge in [-0.3, -0.25) is 0 Å². The number of methoxy groups -OCH3 is 2. The molecule has 22 heavy (non-hydrogen) atoms. The van der Waals surface area contributed by atoms with Crippen molar-refractivity contribution in [2.24, 2.45) is 0 Å². The normalized spacial score (nSPS) is 21.4. The van der Waals surface area contributed by atoms with Gasteiger partial charge >= 0.3 is 0 Å². The van der Waals surface area contributed by atoms with Crippen LogP contribution in [0.1, 0.15) is 25.5 Å². The Bertz CT molecular complexity index is 500. The molecular formula is C17H23NO4. The fourth-order valence-corrected chi connectivity index (χ4v) is 2.12. The van der Waals surface area contributed by atoms with Gasteiger partial charge in [0, 0.05) is 27.1 Å². The molecule has 0 aliphatic heterocycles. The molecule has 1 heterocycles. The SMILES string of the molecule is COCC(C)OCC#Cc1ccc(OC2CC(OC)C2)cn1. The summed E-state index contributed by atoms with van der Waals surface area (Å²) in [6, 6.07) is 3.75. The van der Waals surface area contributed by atoms with E-state index in [1.807, 2.05) is 19.1 Å². The highest BCUT2D eigenvalue weighted by molar-refractivity contribution is 5.31. The molecule has 0 saturated heterocycles. The zero-order chi connectivity index (χ0) is 15.8. The third-order valence-corrected chi connectivity index (χ3v) is 3.48. The number of ether oxygens (including phenoxy) is 4. The fraction of sp³-hybridized carbons (Fsp3) is 0.588. The molecule has 1 aromatic heterocycles. The topological polar surface area (TPSA) is 49.8 Å². The third-order valence-electron chi connectivity index (χ3n) is 3.48. The first kappa shape index (κ1) is 16.8. The molecule has 0 spiro atoms. The number of rotatable bonds is 7. The zero-order valence-electron chi connectivity index (χ0n) is 13.4. The summed E-state index contributed by atoms with van der Waals surface area (Å²) in [6.45, 7) is 2.88. The van der Waals surface area contributed by atoms with Crippen molar-refractivity contribution >= 4 is 0 Å². The Morgan fingerprint density at radius 1 is 1.27 bits per heavy atom. The second-order valence-electron chi connectivity index (χ2n) is 5.33. The van der Waals surface area contributed by atoms with Crippen molar-refractivity contribution in [3.8, 4) is 17.6 Å². The van der Waals surface area contributed by atoms with Crippen LogP contribution in [0.25, 0.3) is 0 Å². The van der Waals surface area contributed by atoms with E-state index in [0.29, 0.717) is 25.0 Å². The first-order valence-corrected chi connectivity index (χ1v) is 7.46. The minimum Gasteiger partial charge on any atom is -0.489 e. The highest BCUT2D eigenvalue weighted by Gasteiger charge is 2.30. The van der Waals surface area contributed by atoms with E-state index < -0.39 is 0 Å². The lowest BCUT2D eigenvalue weighted by Crippen LogP contribution is -2.38. The van der Waals surface area contributed by atoms with Crippen LogP contribution in [0.5, 0.6) is 5.75 Å². The van der Waals surface area contributed by atoms with Gasteiger partial charge < -0.3 is 18.9 Å². The van der Waals surface area contributed by atoms with Gasteiger partial charge in [-0.05, 0) is 25.0 Å². The Morgan fingerprint density at radius 2 is 2.09 bits per heavy atom. The highest BCUT2D eigenvalue weighted by atomic mass is 16.5. The van der Waals surface area contributed by atoms with E-state index in [4.69, 9.17) is 18.9 Å². The van der Waals surface area contributed by atoms with Crippen LogP contribution in [0.2, 0.25) is 0 Å². The molecule has 0 bridgehead atoms. The molecular weight excluding hydrogens is 282 g/mol. The van der Waals surface area contributed by atoms with Gasteiger partial charge in [-0.1, -0.05) is 5.92 Å². The van der Waals surface area contributed by atoms with Gasteiger partial charge in [-0.15, -0.1) is 0 Å². The minimum atomic E-state index is 0.0430. The number of hydrogen-bond donors (Lipinski definition) is 0. The van der Waals surface area contributed by atoms with Crippen molar-refractivity contribution in [3.05, 3.63) is 24.0 Å². The molecule has 5 heteroatoms. The predicted octanol–water partition coefficient (Wildman–Crippen LogP) is 2.04. The van der Waals surface area contributed by atoms with Crippen molar-refractivity contribution in [3.63, 3.8) is 0 Å². The summed E-state index contributed by atoms with van der Waals surface area (Å²) in [7, 11) is 3.38. The summed E-state index contributed by atoms with van der Waals surface area (Å²) >= 11 is 0. The van der Waals surface area contributed by atoms with E-state index in [0.717, 1.165) is 18.6 Å². The van der Waals surface area contributed by atoms with Crippen molar-refractivity contribution in [2.45, 2.75) is 38.1 Å². The summed E-state index contributed by atoms with van der Waals surface area (Å²) in [5.41, 5.74) is 0.707. The second kappa shape index (κ2) is 8.74. The lowest BCUT2D eigenvalue weighted by Gasteiger charge is -2.33. The average Bonchev–Trinajstić information content (AvgIpc) is 2.48. The third kappa shape index (κ3) is 5.30. The van der Waals surface area contributed by atoms with Gasteiger partial charge in [0.1, 0.15) is 24.2 Å². The molecule has 0 aromatic carbocycles. The molecule has 1 aliphatic rings. The van der Waals surface area contributed by atoms with Gasteiger partial charge in [0.2, 0.25) is 0 Å². The predicted molar refractivity (Wildman–Crippen MR) is 82.9 cm³/mol. The van der Waals surface area contributed by atoms with E-state index in [1.54, 1.807) is 20.4 Å². The molecule has 1 atom stereocenters. The van der Waals surface area contributed by atoms with Crippen molar-refractivity contribution < 1.29 is 18.9 Å². The monoisotopic (exact) mass is 305 g/mol. The Morgan fingerprint density at radius 3 is 2.73 bits per heavy atom. The number of hydrogen-bond acceptors (Lipinski definition) is 5. The minimum absolute atomic E-state index is 0.0430. The van der Waals surface area contributed by atoms with E-state index in [9.17, 15) is 0 Å². The van der Waals surface area contributed by atoms with Crippen LogP contribution >= 0.6 is 0 Å². The van der Waals surface area contributed by atoms with Gasteiger partial charge in [0.05, 0.1) is 25.0 Å². The standard InChI is InChI=1S/C17H23NO4/c1-13(12-19-2)21-8-4-5-14-6-7-15(11-18-14)22-17-9-16(10-17)20-3/h6-7,11,13,16-17H,8-10,12H2,1-3H3. The first-order chi connectivity index (χ1) is 10.7.